The highest BCUT2D eigenvalue weighted by Crippen LogP contribution is 2.20. The molecule has 1 unspecified atom stereocenters. The van der Waals surface area contributed by atoms with Crippen molar-refractivity contribution >= 4 is 11.6 Å². The predicted molar refractivity (Wildman–Crippen MR) is 74.9 cm³/mol. The fraction of sp³-hybridized carbons (Fsp3) is 0.533. The number of anilines is 1. The molecule has 0 saturated carbocycles. The highest BCUT2D eigenvalue weighted by atomic mass is 16.5. The number of carbonyl (C=O) groups is 1. The maximum atomic E-state index is 12.1. The Morgan fingerprint density at radius 3 is 2.28 bits per heavy atom. The highest BCUT2D eigenvalue weighted by molar-refractivity contribution is 5.97. The number of ether oxygens (including phenoxy) is 1. The van der Waals surface area contributed by atoms with Crippen LogP contribution in [0, 0.1) is 0 Å². The number of nitrogens with one attached hydrogen (secondary N) is 1. The van der Waals surface area contributed by atoms with Gasteiger partial charge in [0.25, 0.3) is 5.91 Å². The predicted octanol–water partition coefficient (Wildman–Crippen LogP) is 3.56. The second-order valence-corrected chi connectivity index (χ2v) is 5.02. The van der Waals surface area contributed by atoms with Crippen LogP contribution in [0.4, 0.5) is 5.69 Å². The van der Waals surface area contributed by atoms with Crippen LogP contribution in [0.2, 0.25) is 0 Å². The minimum Gasteiger partial charge on any atom is -0.369 e. The van der Waals surface area contributed by atoms with Gasteiger partial charge in [0, 0.05) is 12.8 Å². The van der Waals surface area contributed by atoms with Gasteiger partial charge in [-0.15, -0.1) is 0 Å². The summed E-state index contributed by atoms with van der Waals surface area (Å²) in [7, 11) is 1.56. The summed E-state index contributed by atoms with van der Waals surface area (Å²) >= 11 is 0. The quantitative estimate of drug-likeness (QED) is 0.866. The van der Waals surface area contributed by atoms with Crippen LogP contribution in [0.1, 0.15) is 45.6 Å². The van der Waals surface area contributed by atoms with Gasteiger partial charge in [0.15, 0.2) is 0 Å². The average Bonchev–Trinajstić information content (AvgIpc) is 2.38. The Labute approximate surface area is 110 Å². The smallest absolute Gasteiger partial charge is 0.256 e. The molecule has 0 bridgehead atoms. The Kier molecular flexibility index (Phi) is 4.91. The molecule has 1 rings (SSSR count). The minimum atomic E-state index is -0.767. The number of hydrogen-bond donors (Lipinski definition) is 1. The largest absolute Gasteiger partial charge is 0.369 e. The maximum Gasteiger partial charge on any atom is 0.256 e. The van der Waals surface area contributed by atoms with Crippen LogP contribution < -0.4 is 5.32 Å². The molecule has 0 radical (unpaired) electrons. The van der Waals surface area contributed by atoms with E-state index in [4.69, 9.17) is 4.74 Å². The fourth-order valence-electron chi connectivity index (χ4n) is 1.61. The summed E-state index contributed by atoms with van der Waals surface area (Å²) < 4.78 is 5.27. The molecule has 1 amide bonds. The number of carbonyl (C=O) groups excluding carboxylic acids is 1. The lowest BCUT2D eigenvalue weighted by atomic mass is 10.0. The molecular formula is C15H23NO2. The molecule has 0 fully saturated rings. The maximum absolute atomic E-state index is 12.1. The van der Waals surface area contributed by atoms with Gasteiger partial charge in [-0.2, -0.15) is 0 Å². The van der Waals surface area contributed by atoms with Crippen LogP contribution >= 0.6 is 0 Å². The first kappa shape index (κ1) is 14.7. The van der Waals surface area contributed by atoms with Crippen LogP contribution in [-0.4, -0.2) is 18.6 Å². The topological polar surface area (TPSA) is 38.3 Å². The lowest BCUT2D eigenvalue weighted by Gasteiger charge is -2.25. The Balaban J connectivity index is 2.76. The highest BCUT2D eigenvalue weighted by Gasteiger charge is 2.30. The minimum absolute atomic E-state index is 0.107. The van der Waals surface area contributed by atoms with Crippen molar-refractivity contribution in [2.24, 2.45) is 0 Å². The van der Waals surface area contributed by atoms with Crippen molar-refractivity contribution < 1.29 is 9.53 Å². The number of hydrogen-bond acceptors (Lipinski definition) is 2. The third-order valence-electron chi connectivity index (χ3n) is 3.44. The van der Waals surface area contributed by atoms with E-state index in [-0.39, 0.29) is 5.91 Å². The van der Waals surface area contributed by atoms with Gasteiger partial charge >= 0.3 is 0 Å². The molecule has 1 N–H and O–H groups in total. The molecule has 0 heterocycles. The first-order chi connectivity index (χ1) is 8.42. The zero-order chi connectivity index (χ0) is 13.8. The van der Waals surface area contributed by atoms with Crippen molar-refractivity contribution in [2.75, 3.05) is 12.4 Å². The van der Waals surface area contributed by atoms with Gasteiger partial charge in [0.05, 0.1) is 0 Å². The molecule has 0 aliphatic rings. The molecule has 0 aliphatic carbocycles. The van der Waals surface area contributed by atoms with E-state index in [1.54, 1.807) is 14.0 Å². The molecule has 18 heavy (non-hydrogen) atoms. The first-order valence-electron chi connectivity index (χ1n) is 6.39. The van der Waals surface area contributed by atoms with Crippen molar-refractivity contribution in [1.82, 2.24) is 0 Å². The zero-order valence-corrected chi connectivity index (χ0v) is 11.9. The summed E-state index contributed by atoms with van der Waals surface area (Å²) in [5.74, 6) is 0.388. The molecule has 100 valence electrons. The van der Waals surface area contributed by atoms with Crippen LogP contribution in [0.15, 0.2) is 24.3 Å². The van der Waals surface area contributed by atoms with Crippen LogP contribution in [-0.2, 0) is 9.53 Å². The van der Waals surface area contributed by atoms with E-state index in [0.29, 0.717) is 12.3 Å². The molecule has 1 aromatic carbocycles. The monoisotopic (exact) mass is 249 g/mol. The van der Waals surface area contributed by atoms with Crippen molar-refractivity contribution in [3.8, 4) is 0 Å². The van der Waals surface area contributed by atoms with Crippen molar-refractivity contribution in [2.45, 2.75) is 45.6 Å². The SMILES string of the molecule is CCC(C)(OC)C(=O)Nc1ccc(C(C)C)cc1. The van der Waals surface area contributed by atoms with Crippen LogP contribution in [0.5, 0.6) is 0 Å². The summed E-state index contributed by atoms with van der Waals surface area (Å²) in [5.41, 5.74) is 1.30. The number of amides is 1. The van der Waals surface area contributed by atoms with Gasteiger partial charge in [-0.25, -0.2) is 0 Å². The van der Waals surface area contributed by atoms with Crippen molar-refractivity contribution in [3.05, 3.63) is 29.8 Å². The molecule has 3 heteroatoms. The summed E-state index contributed by atoms with van der Waals surface area (Å²) in [6, 6.07) is 7.94. The molecule has 1 atom stereocenters. The summed E-state index contributed by atoms with van der Waals surface area (Å²) in [4.78, 5) is 12.1. The van der Waals surface area contributed by atoms with Crippen molar-refractivity contribution in [1.29, 1.82) is 0 Å². The first-order valence-corrected chi connectivity index (χ1v) is 6.39. The van der Waals surface area contributed by atoms with Crippen LogP contribution in [0.25, 0.3) is 0 Å². The zero-order valence-electron chi connectivity index (χ0n) is 11.9. The molecule has 0 saturated heterocycles. The van der Waals surface area contributed by atoms with Crippen molar-refractivity contribution in [3.63, 3.8) is 0 Å². The summed E-state index contributed by atoms with van der Waals surface area (Å²) in [6.45, 7) is 8.02. The lowest BCUT2D eigenvalue weighted by Crippen LogP contribution is -2.41. The molecule has 0 aliphatic heterocycles. The Hall–Kier alpha value is -1.35. The van der Waals surface area contributed by atoms with Gasteiger partial charge in [-0.3, -0.25) is 4.79 Å². The van der Waals surface area contributed by atoms with E-state index in [1.165, 1.54) is 5.56 Å². The third kappa shape index (κ3) is 3.33. The van der Waals surface area contributed by atoms with E-state index in [0.717, 1.165) is 5.69 Å². The van der Waals surface area contributed by atoms with Crippen LogP contribution in [0.3, 0.4) is 0 Å². The Morgan fingerprint density at radius 1 is 1.33 bits per heavy atom. The van der Waals surface area contributed by atoms with Gasteiger partial charge in [-0.05, 0) is 37.0 Å². The average molecular weight is 249 g/mol. The third-order valence-corrected chi connectivity index (χ3v) is 3.44. The number of rotatable bonds is 5. The second kappa shape index (κ2) is 6.01. The van der Waals surface area contributed by atoms with E-state index < -0.39 is 5.60 Å². The standard InChI is InChI=1S/C15H23NO2/c1-6-15(4,18-5)14(17)16-13-9-7-12(8-10-13)11(2)3/h7-11H,6H2,1-5H3,(H,16,17). The number of benzene rings is 1. The van der Waals surface area contributed by atoms with Gasteiger partial charge in [0.1, 0.15) is 5.60 Å². The van der Waals surface area contributed by atoms with Gasteiger partial charge in [0.2, 0.25) is 0 Å². The summed E-state index contributed by atoms with van der Waals surface area (Å²) in [5, 5.41) is 2.89. The van der Waals surface area contributed by atoms with E-state index in [9.17, 15) is 4.79 Å². The second-order valence-electron chi connectivity index (χ2n) is 5.02. The lowest BCUT2D eigenvalue weighted by molar-refractivity contribution is -0.136. The molecule has 1 aromatic rings. The van der Waals surface area contributed by atoms with E-state index >= 15 is 0 Å². The molecule has 0 aromatic heterocycles. The summed E-state index contributed by atoms with van der Waals surface area (Å²) in [6.07, 6.45) is 0.638. The molecule has 0 spiro atoms. The van der Waals surface area contributed by atoms with Gasteiger partial charge < -0.3 is 10.1 Å². The fourth-order valence-corrected chi connectivity index (χ4v) is 1.61. The van der Waals surface area contributed by atoms with Gasteiger partial charge in [-0.1, -0.05) is 32.9 Å². The van der Waals surface area contributed by atoms with E-state index in [2.05, 4.69) is 19.2 Å². The molecular weight excluding hydrogens is 226 g/mol. The van der Waals surface area contributed by atoms with E-state index in [1.807, 2.05) is 31.2 Å². The Bertz CT molecular complexity index is 391. The number of methoxy groups -OCH3 is 1. The molecule has 3 nitrogen and oxygen atoms in total. The Morgan fingerprint density at radius 2 is 1.89 bits per heavy atom. The normalized spacial score (nSPS) is 14.3.